The zero-order valence-electron chi connectivity index (χ0n) is 16.8. The first-order valence-electron chi connectivity index (χ1n) is 9.17. The van der Waals surface area contributed by atoms with E-state index in [1.165, 1.54) is 16.7 Å². The Morgan fingerprint density at radius 3 is 2.62 bits per heavy atom. The maximum Gasteiger partial charge on any atom is 0.191 e. The number of hydrogen-bond donors (Lipinski definition) is 2. The molecule has 0 saturated heterocycles. The summed E-state index contributed by atoms with van der Waals surface area (Å²) in [6.45, 7) is 7.88. The van der Waals surface area contributed by atoms with E-state index in [0.717, 1.165) is 12.5 Å². The third-order valence-corrected chi connectivity index (χ3v) is 4.51. The Morgan fingerprint density at radius 1 is 1.31 bits per heavy atom. The van der Waals surface area contributed by atoms with Crippen molar-refractivity contribution in [1.82, 2.24) is 25.3 Å². The highest BCUT2D eigenvalue weighted by Crippen LogP contribution is 2.18. The normalized spacial score (nSPS) is 14.3. The molecule has 6 nitrogen and oxygen atoms in total. The minimum Gasteiger partial charge on any atom is -0.357 e. The molecule has 2 rings (SSSR count). The average molecular weight is 357 g/mol. The number of aliphatic imine (C=N–C) groups is 1. The van der Waals surface area contributed by atoms with Crippen LogP contribution >= 0.6 is 0 Å². The zero-order chi connectivity index (χ0) is 19.1. The Kier molecular flexibility index (Phi) is 7.21. The number of likely N-dealkylation sites (N-methyl/N-ethyl adjacent to an activating group) is 1. The van der Waals surface area contributed by atoms with Crippen LogP contribution in [-0.4, -0.2) is 47.8 Å². The first kappa shape index (κ1) is 20.0. The lowest BCUT2D eigenvalue weighted by molar-refractivity contribution is 0.306. The van der Waals surface area contributed by atoms with Gasteiger partial charge in [-0.05, 0) is 46.0 Å². The minimum absolute atomic E-state index is 0.185. The smallest absolute Gasteiger partial charge is 0.191 e. The van der Waals surface area contributed by atoms with Crippen LogP contribution in [-0.2, 0) is 7.05 Å². The van der Waals surface area contributed by atoms with Gasteiger partial charge in [0.1, 0.15) is 0 Å². The second-order valence-electron chi connectivity index (χ2n) is 6.87. The highest BCUT2D eigenvalue weighted by Gasteiger charge is 2.16. The summed E-state index contributed by atoms with van der Waals surface area (Å²) in [5, 5.41) is 11.2. The van der Waals surface area contributed by atoms with E-state index in [-0.39, 0.29) is 12.1 Å². The van der Waals surface area contributed by atoms with Gasteiger partial charge in [-0.3, -0.25) is 9.67 Å². The molecule has 1 aromatic heterocycles. The van der Waals surface area contributed by atoms with Crippen molar-refractivity contribution in [3.05, 3.63) is 53.3 Å². The molecular formula is C20H32N6. The molecule has 2 atom stereocenters. The summed E-state index contributed by atoms with van der Waals surface area (Å²) in [6, 6.07) is 8.82. The van der Waals surface area contributed by atoms with E-state index < -0.39 is 0 Å². The minimum atomic E-state index is 0.185. The van der Waals surface area contributed by atoms with Gasteiger partial charge in [-0.15, -0.1) is 0 Å². The number of rotatable bonds is 7. The van der Waals surface area contributed by atoms with Gasteiger partial charge in [-0.2, -0.15) is 5.10 Å². The first-order valence-corrected chi connectivity index (χ1v) is 9.17. The third kappa shape index (κ3) is 5.33. The van der Waals surface area contributed by atoms with E-state index in [1.54, 1.807) is 0 Å². The summed E-state index contributed by atoms with van der Waals surface area (Å²) < 4.78 is 1.83. The van der Waals surface area contributed by atoms with Crippen molar-refractivity contribution in [2.75, 3.05) is 27.2 Å². The van der Waals surface area contributed by atoms with Crippen molar-refractivity contribution >= 4 is 5.96 Å². The molecule has 0 bridgehead atoms. The van der Waals surface area contributed by atoms with Crippen LogP contribution in [0.1, 0.15) is 42.6 Å². The second kappa shape index (κ2) is 9.38. The molecule has 0 aliphatic carbocycles. The monoisotopic (exact) mass is 356 g/mol. The predicted octanol–water partition coefficient (Wildman–Crippen LogP) is 2.65. The van der Waals surface area contributed by atoms with Crippen molar-refractivity contribution in [2.24, 2.45) is 12.0 Å². The van der Waals surface area contributed by atoms with E-state index >= 15 is 0 Å². The zero-order valence-corrected chi connectivity index (χ0v) is 16.8. The number of hydrogen-bond acceptors (Lipinski definition) is 3. The molecule has 0 spiro atoms. The number of aryl methyl sites for hydroxylation is 2. The van der Waals surface area contributed by atoms with Gasteiger partial charge < -0.3 is 15.5 Å². The summed E-state index contributed by atoms with van der Waals surface area (Å²) in [5.41, 5.74) is 3.74. The van der Waals surface area contributed by atoms with Crippen molar-refractivity contribution < 1.29 is 0 Å². The molecule has 2 unspecified atom stereocenters. The van der Waals surface area contributed by atoms with Crippen LogP contribution in [0.25, 0.3) is 0 Å². The van der Waals surface area contributed by atoms with Crippen molar-refractivity contribution in [3.8, 4) is 0 Å². The van der Waals surface area contributed by atoms with Gasteiger partial charge in [-0.25, -0.2) is 0 Å². The topological polar surface area (TPSA) is 57.5 Å². The molecule has 0 amide bonds. The fourth-order valence-electron chi connectivity index (χ4n) is 3.03. The van der Waals surface area contributed by atoms with Crippen molar-refractivity contribution in [3.63, 3.8) is 0 Å². The SMILES string of the molecule is CCNC(=NCC(c1cnn(C)c1)N(C)C)NC(C)c1ccccc1C. The van der Waals surface area contributed by atoms with E-state index in [1.807, 2.05) is 17.9 Å². The molecule has 2 aromatic rings. The Labute approximate surface area is 157 Å². The van der Waals surface area contributed by atoms with Gasteiger partial charge in [0.2, 0.25) is 0 Å². The Hall–Kier alpha value is -2.34. The third-order valence-electron chi connectivity index (χ3n) is 4.51. The predicted molar refractivity (Wildman–Crippen MR) is 108 cm³/mol. The standard InChI is InChI=1S/C20H32N6/c1-7-21-20(24-16(3)18-11-9-8-10-15(18)2)22-13-19(25(4)5)17-12-23-26(6)14-17/h8-12,14,16,19H,7,13H2,1-6H3,(H2,21,22,24). The van der Waals surface area contributed by atoms with Gasteiger partial charge in [0.25, 0.3) is 0 Å². The number of aromatic nitrogens is 2. The number of guanidine groups is 1. The van der Waals surface area contributed by atoms with E-state index in [0.29, 0.717) is 6.54 Å². The number of nitrogens with zero attached hydrogens (tertiary/aromatic N) is 4. The van der Waals surface area contributed by atoms with Crippen LogP contribution in [0.2, 0.25) is 0 Å². The lowest BCUT2D eigenvalue weighted by atomic mass is 10.0. The average Bonchev–Trinajstić information content (AvgIpc) is 3.01. The molecule has 6 heteroatoms. The van der Waals surface area contributed by atoms with Crippen LogP contribution in [0.4, 0.5) is 0 Å². The van der Waals surface area contributed by atoms with E-state index in [4.69, 9.17) is 4.99 Å². The van der Waals surface area contributed by atoms with Gasteiger partial charge in [-0.1, -0.05) is 24.3 Å². The number of benzene rings is 1. The fourth-order valence-corrected chi connectivity index (χ4v) is 3.03. The van der Waals surface area contributed by atoms with Gasteiger partial charge in [0.15, 0.2) is 5.96 Å². The molecule has 26 heavy (non-hydrogen) atoms. The maximum atomic E-state index is 4.83. The lowest BCUT2D eigenvalue weighted by Crippen LogP contribution is -2.39. The molecule has 0 radical (unpaired) electrons. The quantitative estimate of drug-likeness (QED) is 0.591. The lowest BCUT2D eigenvalue weighted by Gasteiger charge is -2.23. The molecule has 1 heterocycles. The van der Waals surface area contributed by atoms with E-state index in [9.17, 15) is 0 Å². The van der Waals surface area contributed by atoms with Crippen LogP contribution in [0.3, 0.4) is 0 Å². The Bertz CT molecular complexity index is 719. The number of nitrogens with one attached hydrogen (secondary N) is 2. The molecule has 2 N–H and O–H groups in total. The molecule has 0 aliphatic rings. The first-order chi connectivity index (χ1) is 12.4. The van der Waals surface area contributed by atoms with Crippen molar-refractivity contribution in [1.29, 1.82) is 0 Å². The highest BCUT2D eigenvalue weighted by atomic mass is 15.3. The van der Waals surface area contributed by atoms with Gasteiger partial charge in [0, 0.05) is 25.4 Å². The summed E-state index contributed by atoms with van der Waals surface area (Å²) in [7, 11) is 6.09. The Balaban J connectivity index is 2.13. The molecule has 0 aliphatic heterocycles. The van der Waals surface area contributed by atoms with Crippen LogP contribution in [0.15, 0.2) is 41.7 Å². The molecule has 0 saturated carbocycles. The molecular weight excluding hydrogens is 324 g/mol. The van der Waals surface area contributed by atoms with Crippen molar-refractivity contribution in [2.45, 2.75) is 32.9 Å². The fraction of sp³-hybridized carbons (Fsp3) is 0.500. The van der Waals surface area contributed by atoms with Crippen LogP contribution < -0.4 is 10.6 Å². The highest BCUT2D eigenvalue weighted by molar-refractivity contribution is 5.80. The summed E-state index contributed by atoms with van der Waals surface area (Å²) in [5.74, 6) is 0.832. The molecule has 0 fully saturated rings. The summed E-state index contributed by atoms with van der Waals surface area (Å²) in [6.07, 6.45) is 3.97. The van der Waals surface area contributed by atoms with Gasteiger partial charge >= 0.3 is 0 Å². The van der Waals surface area contributed by atoms with Crippen LogP contribution in [0.5, 0.6) is 0 Å². The summed E-state index contributed by atoms with van der Waals surface area (Å²) >= 11 is 0. The summed E-state index contributed by atoms with van der Waals surface area (Å²) in [4.78, 5) is 7.01. The van der Waals surface area contributed by atoms with E-state index in [2.05, 4.69) is 86.0 Å². The second-order valence-corrected chi connectivity index (χ2v) is 6.87. The Morgan fingerprint density at radius 2 is 2.04 bits per heavy atom. The van der Waals surface area contributed by atoms with Crippen LogP contribution in [0, 0.1) is 6.92 Å². The maximum absolute atomic E-state index is 4.83. The largest absolute Gasteiger partial charge is 0.357 e. The van der Waals surface area contributed by atoms with Gasteiger partial charge in [0.05, 0.1) is 24.8 Å². The molecule has 142 valence electrons. The molecule has 1 aromatic carbocycles.